The Morgan fingerprint density at radius 1 is 1.32 bits per heavy atom. The third-order valence-electron chi connectivity index (χ3n) is 2.59. The Morgan fingerprint density at radius 3 is 2.74 bits per heavy atom. The van der Waals surface area contributed by atoms with Gasteiger partial charge in [-0.05, 0) is 40.1 Å². The normalized spacial score (nSPS) is 11.7. The topological polar surface area (TPSA) is 72.2 Å². The predicted molar refractivity (Wildman–Crippen MR) is 72.6 cm³/mol. The zero-order valence-corrected chi connectivity index (χ0v) is 11.6. The average molecular weight is 300 g/mol. The number of nitrogens with two attached hydrogens (primary N) is 1. The van der Waals surface area contributed by atoms with Crippen molar-refractivity contribution in [1.29, 1.82) is 0 Å². The van der Waals surface area contributed by atoms with Gasteiger partial charge in [0.2, 0.25) is 10.0 Å². The van der Waals surface area contributed by atoms with Crippen LogP contribution in [-0.4, -0.2) is 8.42 Å². The van der Waals surface area contributed by atoms with Crippen molar-refractivity contribution in [3.8, 4) is 0 Å². The molecule has 0 atom stereocenters. The SMILES string of the molecule is NCc1ccc(F)cc1S(=O)(=O)NCc1ccsc1. The van der Waals surface area contributed by atoms with E-state index >= 15 is 0 Å². The molecule has 2 aromatic rings. The zero-order valence-electron chi connectivity index (χ0n) is 9.97. The van der Waals surface area contributed by atoms with Gasteiger partial charge in [0.25, 0.3) is 0 Å². The van der Waals surface area contributed by atoms with Crippen molar-refractivity contribution >= 4 is 21.4 Å². The highest BCUT2D eigenvalue weighted by molar-refractivity contribution is 7.89. The molecule has 0 bridgehead atoms. The highest BCUT2D eigenvalue weighted by Gasteiger charge is 2.18. The van der Waals surface area contributed by atoms with E-state index in [1.165, 1.54) is 23.5 Å². The Hall–Kier alpha value is -1.28. The fourth-order valence-corrected chi connectivity index (χ4v) is 3.54. The number of hydrogen-bond donors (Lipinski definition) is 2. The number of halogens is 1. The van der Waals surface area contributed by atoms with Gasteiger partial charge in [-0.3, -0.25) is 0 Å². The molecule has 0 aliphatic rings. The van der Waals surface area contributed by atoms with E-state index in [1.807, 2.05) is 16.8 Å². The highest BCUT2D eigenvalue weighted by Crippen LogP contribution is 2.17. The Morgan fingerprint density at radius 2 is 2.11 bits per heavy atom. The second-order valence-electron chi connectivity index (χ2n) is 3.91. The van der Waals surface area contributed by atoms with E-state index in [2.05, 4.69) is 4.72 Å². The molecule has 0 amide bonds. The quantitative estimate of drug-likeness (QED) is 0.885. The molecule has 0 radical (unpaired) electrons. The molecule has 0 saturated heterocycles. The summed E-state index contributed by atoms with van der Waals surface area (Å²) in [4.78, 5) is -0.106. The molecular formula is C12H13FN2O2S2. The summed E-state index contributed by atoms with van der Waals surface area (Å²) in [7, 11) is -3.77. The van der Waals surface area contributed by atoms with E-state index < -0.39 is 15.8 Å². The van der Waals surface area contributed by atoms with Gasteiger partial charge in [-0.2, -0.15) is 11.3 Å². The Balaban J connectivity index is 2.26. The summed E-state index contributed by atoms with van der Waals surface area (Å²) in [6.45, 7) is 0.210. The zero-order chi connectivity index (χ0) is 13.9. The maximum absolute atomic E-state index is 13.2. The van der Waals surface area contributed by atoms with E-state index in [9.17, 15) is 12.8 Å². The smallest absolute Gasteiger partial charge is 0.241 e. The molecule has 0 unspecified atom stereocenters. The first kappa shape index (κ1) is 14.1. The third kappa shape index (κ3) is 3.38. The van der Waals surface area contributed by atoms with Crippen LogP contribution < -0.4 is 10.5 Å². The molecule has 1 heterocycles. The molecule has 0 spiro atoms. The standard InChI is InChI=1S/C12H13FN2O2S2/c13-11-2-1-10(6-14)12(5-11)19(16,17)15-7-9-3-4-18-8-9/h1-5,8,15H,6-7,14H2. The van der Waals surface area contributed by atoms with E-state index in [1.54, 1.807) is 0 Å². The monoisotopic (exact) mass is 300 g/mol. The van der Waals surface area contributed by atoms with E-state index in [4.69, 9.17) is 5.73 Å². The summed E-state index contributed by atoms with van der Waals surface area (Å²) in [6, 6.07) is 5.38. The maximum atomic E-state index is 13.2. The molecular weight excluding hydrogens is 287 g/mol. The molecule has 3 N–H and O–H groups in total. The molecule has 0 fully saturated rings. The minimum atomic E-state index is -3.77. The summed E-state index contributed by atoms with van der Waals surface area (Å²) in [5.74, 6) is -0.604. The van der Waals surface area contributed by atoms with Crippen LogP contribution in [-0.2, 0) is 23.1 Å². The maximum Gasteiger partial charge on any atom is 0.241 e. The van der Waals surface area contributed by atoms with Gasteiger partial charge in [0.05, 0.1) is 4.90 Å². The first-order valence-electron chi connectivity index (χ1n) is 5.52. The fourth-order valence-electron chi connectivity index (χ4n) is 1.60. The van der Waals surface area contributed by atoms with Gasteiger partial charge in [0, 0.05) is 13.1 Å². The van der Waals surface area contributed by atoms with Gasteiger partial charge < -0.3 is 5.73 Å². The summed E-state index contributed by atoms with van der Waals surface area (Å²) in [5, 5.41) is 3.70. The highest BCUT2D eigenvalue weighted by atomic mass is 32.2. The summed E-state index contributed by atoms with van der Waals surface area (Å²) in [5.41, 5.74) is 6.72. The van der Waals surface area contributed by atoms with E-state index in [-0.39, 0.29) is 18.0 Å². The average Bonchev–Trinajstić information content (AvgIpc) is 2.89. The van der Waals surface area contributed by atoms with Crippen molar-refractivity contribution in [2.24, 2.45) is 5.73 Å². The van der Waals surface area contributed by atoms with Gasteiger partial charge in [0.15, 0.2) is 0 Å². The molecule has 1 aromatic heterocycles. The van der Waals surface area contributed by atoms with Gasteiger partial charge in [-0.15, -0.1) is 0 Å². The summed E-state index contributed by atoms with van der Waals surface area (Å²) < 4.78 is 39.9. The van der Waals surface area contributed by atoms with Crippen LogP contribution in [0.2, 0.25) is 0 Å². The molecule has 1 aromatic carbocycles. The van der Waals surface area contributed by atoms with Gasteiger partial charge >= 0.3 is 0 Å². The van der Waals surface area contributed by atoms with Gasteiger partial charge in [0.1, 0.15) is 5.82 Å². The fraction of sp³-hybridized carbons (Fsp3) is 0.167. The lowest BCUT2D eigenvalue weighted by Gasteiger charge is -2.10. The lowest BCUT2D eigenvalue weighted by molar-refractivity contribution is 0.575. The molecule has 2 rings (SSSR count). The molecule has 0 aliphatic carbocycles. The second-order valence-corrected chi connectivity index (χ2v) is 6.43. The number of nitrogens with one attached hydrogen (secondary N) is 1. The van der Waals surface area contributed by atoms with Crippen molar-refractivity contribution in [2.75, 3.05) is 0 Å². The molecule has 7 heteroatoms. The minimum Gasteiger partial charge on any atom is -0.326 e. The predicted octanol–water partition coefficient (Wildman–Crippen LogP) is 1.82. The summed E-state index contributed by atoms with van der Waals surface area (Å²) >= 11 is 1.48. The Kier molecular flexibility index (Phi) is 4.31. The first-order valence-corrected chi connectivity index (χ1v) is 7.95. The van der Waals surface area contributed by atoms with Crippen LogP contribution >= 0.6 is 11.3 Å². The van der Waals surface area contributed by atoms with E-state index in [0.29, 0.717) is 5.56 Å². The van der Waals surface area contributed by atoms with Crippen LogP contribution in [0, 0.1) is 5.82 Å². The number of rotatable bonds is 5. The lowest BCUT2D eigenvalue weighted by atomic mass is 10.2. The van der Waals surface area contributed by atoms with Crippen LogP contribution in [0.15, 0.2) is 39.9 Å². The van der Waals surface area contributed by atoms with Crippen molar-refractivity contribution in [2.45, 2.75) is 18.0 Å². The summed E-state index contributed by atoms with van der Waals surface area (Å²) in [6.07, 6.45) is 0. The third-order valence-corrected chi connectivity index (χ3v) is 4.80. The van der Waals surface area contributed by atoms with Crippen LogP contribution in [0.1, 0.15) is 11.1 Å². The minimum absolute atomic E-state index is 0.0367. The lowest BCUT2D eigenvalue weighted by Crippen LogP contribution is -2.24. The second kappa shape index (κ2) is 5.79. The molecule has 19 heavy (non-hydrogen) atoms. The largest absolute Gasteiger partial charge is 0.326 e. The number of hydrogen-bond acceptors (Lipinski definition) is 4. The van der Waals surface area contributed by atoms with E-state index in [0.717, 1.165) is 11.6 Å². The Bertz CT molecular complexity index is 654. The molecule has 0 saturated carbocycles. The van der Waals surface area contributed by atoms with Crippen molar-refractivity contribution < 1.29 is 12.8 Å². The Labute approximate surface area is 115 Å². The van der Waals surface area contributed by atoms with Crippen molar-refractivity contribution in [1.82, 2.24) is 4.72 Å². The van der Waals surface area contributed by atoms with Crippen LogP contribution in [0.4, 0.5) is 4.39 Å². The number of thiophene rings is 1. The molecule has 0 aliphatic heterocycles. The van der Waals surface area contributed by atoms with Crippen LogP contribution in [0.3, 0.4) is 0 Å². The van der Waals surface area contributed by atoms with Crippen molar-refractivity contribution in [3.05, 3.63) is 52.0 Å². The van der Waals surface area contributed by atoms with Crippen LogP contribution in [0.25, 0.3) is 0 Å². The van der Waals surface area contributed by atoms with Gasteiger partial charge in [-0.25, -0.2) is 17.5 Å². The number of sulfonamides is 1. The molecule has 4 nitrogen and oxygen atoms in total. The van der Waals surface area contributed by atoms with Crippen LogP contribution in [0.5, 0.6) is 0 Å². The molecule has 102 valence electrons. The first-order chi connectivity index (χ1) is 9.03. The number of benzene rings is 1. The van der Waals surface area contributed by atoms with Crippen molar-refractivity contribution in [3.63, 3.8) is 0 Å². The van der Waals surface area contributed by atoms with Gasteiger partial charge in [-0.1, -0.05) is 6.07 Å².